The Balaban J connectivity index is 0.000000180. The Morgan fingerprint density at radius 1 is 0.410 bits per heavy atom. The van der Waals surface area contributed by atoms with Gasteiger partial charge in [-0.05, 0) is 101 Å². The molecule has 444 valence electrons. The maximum absolute atomic E-state index is 14.9. The molecular formula is C57H71F3N14O7S2. The molecule has 6 N–H and O–H groups in total. The van der Waals surface area contributed by atoms with Crippen molar-refractivity contribution in [2.24, 2.45) is 0 Å². The van der Waals surface area contributed by atoms with Crippen LogP contribution in [-0.4, -0.2) is 151 Å². The highest BCUT2D eigenvalue weighted by atomic mass is 32.2. The number of carbonyl (C=O) groups excluding carboxylic acids is 3. The van der Waals surface area contributed by atoms with Crippen LogP contribution in [0, 0.1) is 38.2 Å². The second kappa shape index (κ2) is 29.6. The van der Waals surface area contributed by atoms with Crippen molar-refractivity contribution in [2.45, 2.75) is 59.7 Å². The Kier molecular flexibility index (Phi) is 22.5. The number of sulfonamides is 2. The Hall–Kier alpha value is -7.59. The van der Waals surface area contributed by atoms with Gasteiger partial charge in [-0.15, -0.1) is 0 Å². The number of hydrogen-bond donors (Lipinski definition) is 6. The maximum Gasteiger partial charge on any atom is 0.323 e. The summed E-state index contributed by atoms with van der Waals surface area (Å²) in [5, 5.41) is 15.5. The maximum atomic E-state index is 14.9. The largest absolute Gasteiger partial charge is 0.323 e. The SMILES string of the molecule is Cc1ccc(NC(=O)Nc2cccc(CN3CCCCC3)c2F)cn1.Cc1ccc(NC(=O)Nc2cccc(CN3CCN(S(C)(=O)=O)CC3)c2F)cn1.Cc1ccc(NC(=O)Nc2cccc(CN3CCN(S(C)(=O)=O)CC3)c2F)cn1. The molecule has 0 saturated carbocycles. The summed E-state index contributed by atoms with van der Waals surface area (Å²) in [7, 11) is -6.41. The number of benzene rings is 3. The molecule has 3 aliphatic heterocycles. The van der Waals surface area contributed by atoms with Gasteiger partial charge in [-0.2, -0.15) is 8.61 Å². The topological polar surface area (TPSA) is 247 Å². The molecule has 3 saturated heterocycles. The van der Waals surface area contributed by atoms with Gasteiger partial charge in [-0.1, -0.05) is 42.8 Å². The van der Waals surface area contributed by atoms with E-state index in [1.165, 1.54) is 52.1 Å². The van der Waals surface area contributed by atoms with Crippen LogP contribution in [-0.2, 0) is 39.7 Å². The molecule has 3 aromatic heterocycles. The van der Waals surface area contributed by atoms with Gasteiger partial charge in [0, 0.05) is 106 Å². The van der Waals surface area contributed by atoms with E-state index >= 15 is 0 Å². The normalized spacial score (nSPS) is 15.6. The van der Waals surface area contributed by atoms with Gasteiger partial charge in [0.1, 0.15) is 0 Å². The van der Waals surface area contributed by atoms with Crippen LogP contribution in [0.25, 0.3) is 0 Å². The number of anilines is 6. The lowest BCUT2D eigenvalue weighted by Gasteiger charge is -2.33. The molecule has 3 aromatic carbocycles. The van der Waals surface area contributed by atoms with Crippen molar-refractivity contribution in [1.82, 2.24) is 38.3 Å². The first-order chi connectivity index (χ1) is 39.6. The van der Waals surface area contributed by atoms with Gasteiger partial charge < -0.3 is 31.9 Å². The molecule has 0 unspecified atom stereocenters. The van der Waals surface area contributed by atoms with E-state index in [1.807, 2.05) is 30.6 Å². The predicted octanol–water partition coefficient (Wildman–Crippen LogP) is 8.66. The molecule has 83 heavy (non-hydrogen) atoms. The average Bonchev–Trinajstić information content (AvgIpc) is 3.59. The van der Waals surface area contributed by atoms with E-state index in [9.17, 15) is 44.4 Å². The lowest BCUT2D eigenvalue weighted by Crippen LogP contribution is -2.47. The molecule has 0 bridgehead atoms. The number of carbonyl (C=O) groups is 3. The second-order valence-corrected chi connectivity index (χ2v) is 24.3. The average molecular weight is 1190 g/mol. The Morgan fingerprint density at radius 3 is 0.964 bits per heavy atom. The van der Waals surface area contributed by atoms with Crippen LogP contribution in [0.3, 0.4) is 0 Å². The summed E-state index contributed by atoms with van der Waals surface area (Å²) >= 11 is 0. The van der Waals surface area contributed by atoms with Crippen molar-refractivity contribution in [2.75, 3.05) is 110 Å². The van der Waals surface area contributed by atoms with Gasteiger partial charge in [-0.25, -0.2) is 44.4 Å². The minimum absolute atomic E-state index is 0.0786. The highest BCUT2D eigenvalue weighted by molar-refractivity contribution is 7.88. The number of hydrogen-bond acceptors (Lipinski definition) is 13. The molecule has 0 spiro atoms. The standard InChI is InChI=1S/2C19H24FN5O3S.C19H23FN4O/c2*1-14-6-7-16(12-21-14)22-19(26)23-17-5-3-4-15(18(17)20)13-24-8-10-25(11-9-24)29(2,27)28;1-14-8-9-16(12-21-14)22-19(25)23-17-7-5-6-15(18(17)20)13-24-10-3-2-4-11-24/h2*3-7,12H,8-11,13H2,1-2H3,(H2,22,23,26);5-9,12H,2-4,10-11,13H2,1H3,(H2,22,23,25). The van der Waals surface area contributed by atoms with Gasteiger partial charge in [0.05, 0.1) is 65.2 Å². The van der Waals surface area contributed by atoms with Gasteiger partial charge in [0.15, 0.2) is 17.5 Å². The third-order valence-electron chi connectivity index (χ3n) is 13.7. The number of aromatic nitrogens is 3. The molecule has 9 rings (SSSR count). The Bertz CT molecular complexity index is 3220. The highest BCUT2D eigenvalue weighted by Gasteiger charge is 2.26. The van der Waals surface area contributed by atoms with Crippen LogP contribution in [0.2, 0.25) is 0 Å². The first-order valence-corrected chi connectivity index (χ1v) is 30.7. The quantitative estimate of drug-likeness (QED) is 0.0599. The van der Waals surface area contributed by atoms with E-state index in [-0.39, 0.29) is 22.9 Å². The fourth-order valence-electron chi connectivity index (χ4n) is 9.15. The van der Waals surface area contributed by atoms with Crippen molar-refractivity contribution in [3.05, 3.63) is 161 Å². The van der Waals surface area contributed by atoms with Gasteiger partial charge >= 0.3 is 18.1 Å². The zero-order chi connectivity index (χ0) is 59.7. The third-order valence-corrected chi connectivity index (χ3v) is 16.3. The molecule has 6 aromatic rings. The number of urea groups is 3. The number of aryl methyl sites for hydroxylation is 3. The minimum atomic E-state index is -3.21. The van der Waals surface area contributed by atoms with Crippen molar-refractivity contribution in [3.8, 4) is 0 Å². The van der Waals surface area contributed by atoms with E-state index in [0.717, 1.165) is 43.0 Å². The number of nitrogens with zero attached hydrogens (tertiary/aromatic N) is 8. The number of amides is 6. The molecular weight excluding hydrogens is 1110 g/mol. The molecule has 0 atom stereocenters. The smallest absolute Gasteiger partial charge is 0.306 e. The molecule has 3 aliphatic rings. The van der Waals surface area contributed by atoms with Crippen LogP contribution in [0.15, 0.2) is 110 Å². The number of likely N-dealkylation sites (tertiary alicyclic amines) is 1. The monoisotopic (exact) mass is 1180 g/mol. The van der Waals surface area contributed by atoms with E-state index in [0.29, 0.717) is 106 Å². The first kappa shape index (κ1) is 63.0. The summed E-state index contributed by atoms with van der Waals surface area (Å²) in [5.41, 5.74) is 5.92. The van der Waals surface area contributed by atoms with Crippen LogP contribution in [0.4, 0.5) is 61.7 Å². The Labute approximate surface area is 483 Å². The van der Waals surface area contributed by atoms with E-state index in [4.69, 9.17) is 0 Å². The zero-order valence-corrected chi connectivity index (χ0v) is 48.7. The molecule has 0 radical (unpaired) electrons. The van der Waals surface area contributed by atoms with Crippen molar-refractivity contribution < 1.29 is 44.4 Å². The highest BCUT2D eigenvalue weighted by Crippen LogP contribution is 2.25. The number of halogens is 3. The van der Waals surface area contributed by atoms with E-state index in [1.54, 1.807) is 85.1 Å². The molecule has 6 amide bonds. The van der Waals surface area contributed by atoms with Crippen molar-refractivity contribution in [1.29, 1.82) is 0 Å². The van der Waals surface area contributed by atoms with Crippen molar-refractivity contribution in [3.63, 3.8) is 0 Å². The van der Waals surface area contributed by atoms with Crippen LogP contribution < -0.4 is 31.9 Å². The molecule has 26 heteroatoms. The van der Waals surface area contributed by atoms with Gasteiger partial charge in [0.2, 0.25) is 20.0 Å². The van der Waals surface area contributed by atoms with Crippen LogP contribution in [0.1, 0.15) is 53.0 Å². The zero-order valence-electron chi connectivity index (χ0n) is 47.1. The van der Waals surface area contributed by atoms with Crippen LogP contribution >= 0.6 is 0 Å². The number of rotatable bonds is 14. The van der Waals surface area contributed by atoms with Crippen LogP contribution in [0.5, 0.6) is 0 Å². The third kappa shape index (κ3) is 19.8. The van der Waals surface area contributed by atoms with E-state index < -0.39 is 49.8 Å². The first-order valence-electron chi connectivity index (χ1n) is 27.0. The molecule has 21 nitrogen and oxygen atoms in total. The summed E-state index contributed by atoms with van der Waals surface area (Å²) in [6.07, 6.45) is 10.6. The number of piperazine rings is 2. The van der Waals surface area contributed by atoms with Gasteiger partial charge in [-0.3, -0.25) is 29.7 Å². The fraction of sp³-hybridized carbons (Fsp3) is 0.368. The Morgan fingerprint density at radius 2 is 0.699 bits per heavy atom. The summed E-state index contributed by atoms with van der Waals surface area (Å²) in [6, 6.07) is 23.7. The van der Waals surface area contributed by atoms with E-state index in [2.05, 4.69) is 51.8 Å². The van der Waals surface area contributed by atoms with Crippen molar-refractivity contribution >= 4 is 72.3 Å². The predicted molar refractivity (Wildman–Crippen MR) is 317 cm³/mol. The molecule has 6 heterocycles. The number of piperidine rings is 1. The summed E-state index contributed by atoms with van der Waals surface area (Å²) in [6.45, 7) is 12.4. The minimum Gasteiger partial charge on any atom is -0.306 e. The summed E-state index contributed by atoms with van der Waals surface area (Å²) in [5.74, 6) is -1.38. The summed E-state index contributed by atoms with van der Waals surface area (Å²) in [4.78, 5) is 54.9. The lowest BCUT2D eigenvalue weighted by atomic mass is 10.1. The molecule has 3 fully saturated rings. The molecule has 0 aliphatic carbocycles. The summed E-state index contributed by atoms with van der Waals surface area (Å²) < 4.78 is 93.6. The number of pyridine rings is 3. The second-order valence-electron chi connectivity index (χ2n) is 20.4. The number of nitrogens with one attached hydrogen (secondary N) is 6. The fourth-order valence-corrected chi connectivity index (χ4v) is 10.8. The lowest BCUT2D eigenvalue weighted by molar-refractivity contribution is 0.180. The van der Waals surface area contributed by atoms with Gasteiger partial charge in [0.25, 0.3) is 0 Å².